The lowest BCUT2D eigenvalue weighted by molar-refractivity contribution is 0.776. The fraction of sp³-hybridized carbons (Fsp3) is 0.333. The van der Waals surface area contributed by atoms with E-state index in [0.29, 0.717) is 5.02 Å². The molecule has 0 unspecified atom stereocenters. The SMILES string of the molecule is CCNc1cc(-c2ccccc2Cl)nc(C(C)C)n1. The number of anilines is 1. The second kappa shape index (κ2) is 6.02. The number of halogens is 1. The molecule has 100 valence electrons. The summed E-state index contributed by atoms with van der Waals surface area (Å²) in [5.41, 5.74) is 1.80. The van der Waals surface area contributed by atoms with E-state index in [1.807, 2.05) is 37.3 Å². The van der Waals surface area contributed by atoms with Gasteiger partial charge in [0.25, 0.3) is 0 Å². The van der Waals surface area contributed by atoms with E-state index in [0.717, 1.165) is 29.4 Å². The summed E-state index contributed by atoms with van der Waals surface area (Å²) in [6, 6.07) is 9.68. The van der Waals surface area contributed by atoms with Crippen molar-refractivity contribution in [1.82, 2.24) is 9.97 Å². The average Bonchev–Trinajstić information content (AvgIpc) is 2.39. The van der Waals surface area contributed by atoms with Crippen LogP contribution in [-0.4, -0.2) is 16.5 Å². The summed E-state index contributed by atoms with van der Waals surface area (Å²) in [4.78, 5) is 9.12. The summed E-state index contributed by atoms with van der Waals surface area (Å²) in [5, 5.41) is 3.95. The first-order valence-electron chi connectivity index (χ1n) is 6.49. The molecule has 0 saturated heterocycles. The van der Waals surface area contributed by atoms with Crippen molar-refractivity contribution in [2.24, 2.45) is 0 Å². The van der Waals surface area contributed by atoms with Crippen LogP contribution < -0.4 is 5.32 Å². The molecule has 0 bridgehead atoms. The van der Waals surface area contributed by atoms with Gasteiger partial charge in [-0.2, -0.15) is 0 Å². The molecule has 0 aliphatic heterocycles. The Morgan fingerprint density at radius 3 is 2.58 bits per heavy atom. The average molecular weight is 276 g/mol. The van der Waals surface area contributed by atoms with E-state index < -0.39 is 0 Å². The molecule has 0 radical (unpaired) electrons. The lowest BCUT2D eigenvalue weighted by atomic mass is 10.1. The third-order valence-corrected chi connectivity index (χ3v) is 3.10. The standard InChI is InChI=1S/C15H18ClN3/c1-4-17-14-9-13(18-15(19-14)10(2)3)11-7-5-6-8-12(11)16/h5-10H,4H2,1-3H3,(H,17,18,19). The largest absolute Gasteiger partial charge is 0.370 e. The van der Waals surface area contributed by atoms with Gasteiger partial charge in [-0.25, -0.2) is 9.97 Å². The maximum atomic E-state index is 6.24. The van der Waals surface area contributed by atoms with Crippen molar-refractivity contribution in [2.75, 3.05) is 11.9 Å². The molecule has 2 aromatic rings. The van der Waals surface area contributed by atoms with Gasteiger partial charge in [0.15, 0.2) is 0 Å². The zero-order chi connectivity index (χ0) is 13.8. The van der Waals surface area contributed by atoms with Crippen LogP contribution in [0.4, 0.5) is 5.82 Å². The molecule has 0 amide bonds. The molecule has 1 aromatic heterocycles. The topological polar surface area (TPSA) is 37.8 Å². The minimum atomic E-state index is 0.278. The highest BCUT2D eigenvalue weighted by molar-refractivity contribution is 6.33. The van der Waals surface area contributed by atoms with Crippen LogP contribution in [0.2, 0.25) is 5.02 Å². The third kappa shape index (κ3) is 3.24. The van der Waals surface area contributed by atoms with Gasteiger partial charge < -0.3 is 5.32 Å². The molecule has 0 atom stereocenters. The maximum Gasteiger partial charge on any atom is 0.133 e. The minimum Gasteiger partial charge on any atom is -0.370 e. The second-order valence-corrected chi connectivity index (χ2v) is 5.07. The van der Waals surface area contributed by atoms with Gasteiger partial charge in [-0.3, -0.25) is 0 Å². The third-order valence-electron chi connectivity index (χ3n) is 2.77. The zero-order valence-corrected chi connectivity index (χ0v) is 12.2. The van der Waals surface area contributed by atoms with Gasteiger partial charge in [0.2, 0.25) is 0 Å². The van der Waals surface area contributed by atoms with E-state index >= 15 is 0 Å². The summed E-state index contributed by atoms with van der Waals surface area (Å²) < 4.78 is 0. The Hall–Kier alpha value is -1.61. The van der Waals surface area contributed by atoms with Crippen molar-refractivity contribution in [3.63, 3.8) is 0 Å². The van der Waals surface area contributed by atoms with Gasteiger partial charge in [0.1, 0.15) is 11.6 Å². The molecule has 2 rings (SSSR count). The number of aromatic nitrogens is 2. The molecule has 0 aliphatic carbocycles. The van der Waals surface area contributed by atoms with Gasteiger partial charge in [0.05, 0.1) is 5.69 Å². The van der Waals surface area contributed by atoms with Crippen LogP contribution in [-0.2, 0) is 0 Å². The predicted octanol–water partition coefficient (Wildman–Crippen LogP) is 4.35. The quantitative estimate of drug-likeness (QED) is 0.901. The Kier molecular flexibility index (Phi) is 4.38. The van der Waals surface area contributed by atoms with Crippen LogP contribution >= 0.6 is 11.6 Å². The molecule has 0 saturated carbocycles. The van der Waals surface area contributed by atoms with Gasteiger partial charge in [-0.15, -0.1) is 0 Å². The molecule has 4 heteroatoms. The first kappa shape index (κ1) is 13.8. The first-order valence-corrected chi connectivity index (χ1v) is 6.87. The van der Waals surface area contributed by atoms with Crippen LogP contribution in [0.25, 0.3) is 11.3 Å². The summed E-state index contributed by atoms with van der Waals surface area (Å²) in [5.74, 6) is 1.95. The van der Waals surface area contributed by atoms with E-state index in [4.69, 9.17) is 11.6 Å². The molecule has 1 aromatic carbocycles. The van der Waals surface area contributed by atoms with Gasteiger partial charge >= 0.3 is 0 Å². The molecule has 0 spiro atoms. The van der Waals surface area contributed by atoms with Crippen molar-refractivity contribution < 1.29 is 0 Å². The maximum absolute atomic E-state index is 6.24. The molecule has 0 aliphatic rings. The van der Waals surface area contributed by atoms with E-state index in [-0.39, 0.29) is 5.92 Å². The van der Waals surface area contributed by atoms with Gasteiger partial charge in [-0.05, 0) is 13.0 Å². The van der Waals surface area contributed by atoms with Crippen molar-refractivity contribution in [2.45, 2.75) is 26.7 Å². The monoisotopic (exact) mass is 275 g/mol. The highest BCUT2D eigenvalue weighted by Crippen LogP contribution is 2.28. The van der Waals surface area contributed by atoms with Crippen LogP contribution in [0.5, 0.6) is 0 Å². The Labute approximate surface area is 119 Å². The molecule has 3 nitrogen and oxygen atoms in total. The fourth-order valence-corrected chi connectivity index (χ4v) is 2.04. The van der Waals surface area contributed by atoms with E-state index in [1.54, 1.807) is 0 Å². The Morgan fingerprint density at radius 2 is 1.95 bits per heavy atom. The Bertz CT molecular complexity index is 567. The van der Waals surface area contributed by atoms with Crippen LogP contribution in [0.15, 0.2) is 30.3 Å². The summed E-state index contributed by atoms with van der Waals surface area (Å²) in [6.07, 6.45) is 0. The van der Waals surface area contributed by atoms with Crippen molar-refractivity contribution in [3.8, 4) is 11.3 Å². The van der Waals surface area contributed by atoms with Gasteiger partial charge in [0, 0.05) is 29.1 Å². The number of rotatable bonds is 4. The molecule has 1 heterocycles. The van der Waals surface area contributed by atoms with Crippen LogP contribution in [0.3, 0.4) is 0 Å². The second-order valence-electron chi connectivity index (χ2n) is 4.66. The molecular formula is C15H18ClN3. The summed E-state index contributed by atoms with van der Waals surface area (Å²) in [6.45, 7) is 7.05. The number of nitrogens with one attached hydrogen (secondary N) is 1. The lowest BCUT2D eigenvalue weighted by Crippen LogP contribution is -2.05. The lowest BCUT2D eigenvalue weighted by Gasteiger charge is -2.11. The van der Waals surface area contributed by atoms with E-state index in [9.17, 15) is 0 Å². The number of hydrogen-bond acceptors (Lipinski definition) is 3. The number of nitrogens with zero attached hydrogens (tertiary/aromatic N) is 2. The summed E-state index contributed by atoms with van der Waals surface area (Å²) >= 11 is 6.24. The molecule has 19 heavy (non-hydrogen) atoms. The predicted molar refractivity (Wildman–Crippen MR) is 80.7 cm³/mol. The molecule has 0 fully saturated rings. The van der Waals surface area contributed by atoms with Crippen LogP contribution in [0, 0.1) is 0 Å². The van der Waals surface area contributed by atoms with Crippen molar-refractivity contribution >= 4 is 17.4 Å². The van der Waals surface area contributed by atoms with Crippen LogP contribution in [0.1, 0.15) is 32.5 Å². The number of hydrogen-bond donors (Lipinski definition) is 1. The smallest absolute Gasteiger partial charge is 0.133 e. The van der Waals surface area contributed by atoms with Gasteiger partial charge in [-0.1, -0.05) is 43.6 Å². The highest BCUT2D eigenvalue weighted by atomic mass is 35.5. The fourth-order valence-electron chi connectivity index (χ4n) is 1.80. The van der Waals surface area contributed by atoms with E-state index in [1.165, 1.54) is 0 Å². The molecule has 1 N–H and O–H groups in total. The Balaban J connectivity index is 2.53. The zero-order valence-electron chi connectivity index (χ0n) is 11.4. The first-order chi connectivity index (χ1) is 9.11. The van der Waals surface area contributed by atoms with Crippen molar-refractivity contribution in [3.05, 3.63) is 41.2 Å². The Morgan fingerprint density at radius 1 is 1.21 bits per heavy atom. The highest BCUT2D eigenvalue weighted by Gasteiger charge is 2.11. The number of benzene rings is 1. The van der Waals surface area contributed by atoms with E-state index in [2.05, 4.69) is 29.1 Å². The molecular weight excluding hydrogens is 258 g/mol. The summed E-state index contributed by atoms with van der Waals surface area (Å²) in [7, 11) is 0. The normalized spacial score (nSPS) is 10.8. The van der Waals surface area contributed by atoms with Crippen molar-refractivity contribution in [1.29, 1.82) is 0 Å². The minimum absolute atomic E-state index is 0.278.